The molecule has 1 aliphatic heterocycles. The number of hydrogen-bond acceptors (Lipinski definition) is 6. The molecule has 158 valence electrons. The van der Waals surface area contributed by atoms with Crippen LogP contribution in [0.1, 0.15) is 0 Å². The number of fused-ring (bicyclic) bond motifs is 2. The van der Waals surface area contributed by atoms with E-state index in [1.165, 1.54) is 0 Å². The maximum atomic E-state index is 11.9. The molecule has 1 aromatic carbocycles. The van der Waals surface area contributed by atoms with Gasteiger partial charge in [-0.15, -0.1) is 0 Å². The summed E-state index contributed by atoms with van der Waals surface area (Å²) in [5.74, 6) is 1.12. The molecular weight excluding hydrogens is 398 g/mol. The minimum absolute atomic E-state index is 0.0296. The fourth-order valence-electron chi connectivity index (χ4n) is 3.65. The van der Waals surface area contributed by atoms with Gasteiger partial charge < -0.3 is 28.6 Å². The predicted octanol–water partition coefficient (Wildman–Crippen LogP) is 2.78. The number of ether oxygens (including phenoxy) is 1. The van der Waals surface area contributed by atoms with Crippen molar-refractivity contribution in [3.8, 4) is 17.2 Å². The Morgan fingerprint density at radius 3 is 2.87 bits per heavy atom. The standard InChI is InChI=1S/C22H21N5O4/c1-25(2)22(28)27-11-16(12-27)30-15-5-6-20-17(9-15)18(24-29)10-21(31-20)19-8-14-4-3-7-26(14)13-23-19/h3-10,13,16,29H,11-12H2,1-2H3/b24-18+. The first-order valence-electron chi connectivity index (χ1n) is 9.84. The number of likely N-dealkylation sites (tertiary alicyclic amines) is 1. The molecule has 2 amide bonds. The fraction of sp³-hybridized carbons (Fsp3) is 0.227. The molecule has 9 heteroatoms. The zero-order valence-electron chi connectivity index (χ0n) is 17.1. The summed E-state index contributed by atoms with van der Waals surface area (Å²) in [6, 6.07) is 12.8. The second-order valence-electron chi connectivity index (χ2n) is 7.69. The third-order valence-electron chi connectivity index (χ3n) is 5.30. The van der Waals surface area contributed by atoms with Crippen LogP contribution >= 0.6 is 0 Å². The Morgan fingerprint density at radius 2 is 2.10 bits per heavy atom. The van der Waals surface area contributed by atoms with Gasteiger partial charge in [-0.3, -0.25) is 0 Å². The van der Waals surface area contributed by atoms with Crippen LogP contribution in [0.5, 0.6) is 5.75 Å². The quantitative estimate of drug-likeness (QED) is 0.407. The first kappa shape index (κ1) is 19.0. The van der Waals surface area contributed by atoms with E-state index in [1.807, 2.05) is 28.8 Å². The van der Waals surface area contributed by atoms with E-state index in [9.17, 15) is 10.0 Å². The van der Waals surface area contributed by atoms with E-state index >= 15 is 0 Å². The number of rotatable bonds is 3. The maximum Gasteiger partial charge on any atom is 0.319 e. The highest BCUT2D eigenvalue weighted by molar-refractivity contribution is 5.80. The molecule has 3 aromatic heterocycles. The van der Waals surface area contributed by atoms with E-state index in [4.69, 9.17) is 9.15 Å². The van der Waals surface area contributed by atoms with Gasteiger partial charge in [0.2, 0.25) is 0 Å². The Kier molecular flexibility index (Phi) is 4.50. The van der Waals surface area contributed by atoms with Crippen molar-refractivity contribution >= 4 is 22.5 Å². The molecule has 4 aromatic rings. The predicted molar refractivity (Wildman–Crippen MR) is 113 cm³/mol. The molecule has 5 rings (SSSR count). The number of carbonyl (C=O) groups is 1. The van der Waals surface area contributed by atoms with Crippen LogP contribution in [0.3, 0.4) is 0 Å². The van der Waals surface area contributed by atoms with Crippen LogP contribution in [-0.2, 0) is 0 Å². The van der Waals surface area contributed by atoms with E-state index in [2.05, 4.69) is 10.1 Å². The van der Waals surface area contributed by atoms with Crippen molar-refractivity contribution in [3.63, 3.8) is 0 Å². The van der Waals surface area contributed by atoms with E-state index in [1.54, 1.807) is 54.5 Å². The van der Waals surface area contributed by atoms with Crippen LogP contribution in [0.2, 0.25) is 0 Å². The molecular formula is C22H21N5O4. The Labute approximate surface area is 177 Å². The van der Waals surface area contributed by atoms with Gasteiger partial charge in [-0.1, -0.05) is 5.16 Å². The van der Waals surface area contributed by atoms with Crippen molar-refractivity contribution in [2.24, 2.45) is 5.16 Å². The van der Waals surface area contributed by atoms with E-state index in [0.717, 1.165) is 5.52 Å². The first-order chi connectivity index (χ1) is 15.0. The molecule has 0 aliphatic carbocycles. The van der Waals surface area contributed by atoms with E-state index < -0.39 is 0 Å². The fourth-order valence-corrected chi connectivity index (χ4v) is 3.65. The molecule has 4 heterocycles. The average Bonchev–Trinajstić information content (AvgIpc) is 3.22. The van der Waals surface area contributed by atoms with Gasteiger partial charge in [0.25, 0.3) is 0 Å². The Hall–Kier alpha value is -4.01. The second-order valence-corrected chi connectivity index (χ2v) is 7.69. The van der Waals surface area contributed by atoms with Gasteiger partial charge in [0.1, 0.15) is 28.5 Å². The smallest absolute Gasteiger partial charge is 0.319 e. The molecule has 1 saturated heterocycles. The summed E-state index contributed by atoms with van der Waals surface area (Å²) in [5, 5.41) is 14.0. The van der Waals surface area contributed by atoms with Gasteiger partial charge in [0.05, 0.1) is 24.8 Å². The molecule has 31 heavy (non-hydrogen) atoms. The molecule has 0 atom stereocenters. The van der Waals surface area contributed by atoms with Crippen molar-refractivity contribution in [2.75, 3.05) is 27.2 Å². The normalized spacial score (nSPS) is 14.8. The molecule has 1 fully saturated rings. The number of urea groups is 1. The first-order valence-corrected chi connectivity index (χ1v) is 9.84. The summed E-state index contributed by atoms with van der Waals surface area (Å²) in [5.41, 5.74) is 2.17. The van der Waals surface area contributed by atoms with Crippen LogP contribution < -0.4 is 10.1 Å². The number of amides is 2. The van der Waals surface area contributed by atoms with Gasteiger partial charge in [0, 0.05) is 31.9 Å². The molecule has 1 aliphatic rings. The van der Waals surface area contributed by atoms with Gasteiger partial charge in [0.15, 0.2) is 5.76 Å². The lowest BCUT2D eigenvalue weighted by atomic mass is 10.1. The zero-order valence-corrected chi connectivity index (χ0v) is 17.1. The van der Waals surface area contributed by atoms with Crippen molar-refractivity contribution in [1.82, 2.24) is 19.2 Å². The average molecular weight is 419 g/mol. The largest absolute Gasteiger partial charge is 0.487 e. The number of nitrogens with zero attached hydrogens (tertiary/aromatic N) is 5. The van der Waals surface area contributed by atoms with Crippen LogP contribution in [0.15, 0.2) is 64.6 Å². The Morgan fingerprint density at radius 1 is 1.26 bits per heavy atom. The van der Waals surface area contributed by atoms with Gasteiger partial charge in [-0.2, -0.15) is 0 Å². The molecule has 0 spiro atoms. The number of benzene rings is 1. The van der Waals surface area contributed by atoms with Gasteiger partial charge in [-0.05, 0) is 36.4 Å². The monoisotopic (exact) mass is 419 g/mol. The highest BCUT2D eigenvalue weighted by Crippen LogP contribution is 2.26. The second kappa shape index (κ2) is 7.35. The summed E-state index contributed by atoms with van der Waals surface area (Å²) in [4.78, 5) is 19.6. The zero-order chi connectivity index (χ0) is 21.5. The van der Waals surface area contributed by atoms with Gasteiger partial charge >= 0.3 is 6.03 Å². The molecule has 0 unspecified atom stereocenters. The van der Waals surface area contributed by atoms with E-state index in [-0.39, 0.29) is 12.1 Å². The highest BCUT2D eigenvalue weighted by Gasteiger charge is 2.33. The van der Waals surface area contributed by atoms with Crippen molar-refractivity contribution in [3.05, 3.63) is 60.3 Å². The third-order valence-corrected chi connectivity index (χ3v) is 5.30. The lowest BCUT2D eigenvalue weighted by Crippen LogP contribution is -2.58. The van der Waals surface area contributed by atoms with Crippen molar-refractivity contribution in [1.29, 1.82) is 0 Å². The summed E-state index contributed by atoms with van der Waals surface area (Å²) in [6.07, 6.45) is 3.54. The lowest BCUT2D eigenvalue weighted by molar-refractivity contribution is 0.0357. The Balaban J connectivity index is 1.42. The molecule has 1 N–H and O–H groups in total. The molecule has 0 radical (unpaired) electrons. The summed E-state index contributed by atoms with van der Waals surface area (Å²) >= 11 is 0. The minimum atomic E-state index is -0.0787. The van der Waals surface area contributed by atoms with E-state index in [0.29, 0.717) is 46.6 Å². The van der Waals surface area contributed by atoms with Crippen LogP contribution in [0.4, 0.5) is 4.79 Å². The van der Waals surface area contributed by atoms with Crippen LogP contribution in [0, 0.1) is 0 Å². The molecule has 0 bridgehead atoms. The van der Waals surface area contributed by atoms with Crippen molar-refractivity contribution in [2.45, 2.75) is 6.10 Å². The summed E-state index contributed by atoms with van der Waals surface area (Å²) in [6.45, 7) is 1.06. The van der Waals surface area contributed by atoms with Crippen molar-refractivity contribution < 1.29 is 19.2 Å². The molecule has 0 saturated carbocycles. The minimum Gasteiger partial charge on any atom is -0.487 e. The topological polar surface area (TPSA) is 95.8 Å². The Bertz CT molecular complexity index is 1350. The third kappa shape index (κ3) is 3.43. The number of aromatic nitrogens is 2. The highest BCUT2D eigenvalue weighted by atomic mass is 16.5. The number of hydrogen-bond donors (Lipinski definition) is 1. The SMILES string of the molecule is CN(C)C(=O)N1CC(Oc2ccc3oc(-c4cc5cccn5cn4)c/c(=N\O)c3c2)C1. The van der Waals surface area contributed by atoms with Crippen LogP contribution in [0.25, 0.3) is 27.9 Å². The number of carbonyl (C=O) groups excluding carboxylic acids is 1. The lowest BCUT2D eigenvalue weighted by Gasteiger charge is -2.40. The maximum absolute atomic E-state index is 11.9. The summed E-state index contributed by atoms with van der Waals surface area (Å²) in [7, 11) is 3.45. The van der Waals surface area contributed by atoms with Crippen LogP contribution in [-0.4, -0.2) is 63.7 Å². The molecule has 9 nitrogen and oxygen atoms in total. The summed E-state index contributed by atoms with van der Waals surface area (Å²) < 4.78 is 13.9. The van der Waals surface area contributed by atoms with Gasteiger partial charge in [-0.25, -0.2) is 9.78 Å².